The summed E-state index contributed by atoms with van der Waals surface area (Å²) in [6, 6.07) is 5.57. The number of halogens is 4. The lowest BCUT2D eigenvalue weighted by Crippen LogP contribution is -2.55. The van der Waals surface area contributed by atoms with Gasteiger partial charge in [-0.05, 0) is 56.8 Å². The van der Waals surface area contributed by atoms with Crippen LogP contribution in [0.5, 0.6) is 0 Å². The SMILES string of the molecule is CC1(C)C[C@H]([C@@H](NC(=O)[C@@H]2CNC(=O)N2)c2ccc(Cl)cc2)CCN1CC(F)(F)F. The maximum Gasteiger partial charge on any atom is 0.401 e. The molecule has 2 aliphatic heterocycles. The molecule has 2 aliphatic rings. The molecule has 2 saturated heterocycles. The number of rotatable bonds is 5. The molecule has 30 heavy (non-hydrogen) atoms. The predicted molar refractivity (Wildman–Crippen MR) is 107 cm³/mol. The molecule has 2 heterocycles. The van der Waals surface area contributed by atoms with Gasteiger partial charge in [-0.1, -0.05) is 23.7 Å². The Balaban J connectivity index is 1.79. The van der Waals surface area contributed by atoms with Gasteiger partial charge in [-0.25, -0.2) is 4.79 Å². The highest BCUT2D eigenvalue weighted by Gasteiger charge is 2.43. The second-order valence-corrected chi connectivity index (χ2v) is 8.98. The first kappa shape index (κ1) is 22.7. The monoisotopic (exact) mass is 446 g/mol. The van der Waals surface area contributed by atoms with Crippen LogP contribution in [0.4, 0.5) is 18.0 Å². The summed E-state index contributed by atoms with van der Waals surface area (Å²) in [7, 11) is 0. The number of nitrogens with zero attached hydrogens (tertiary/aromatic N) is 1. The van der Waals surface area contributed by atoms with Gasteiger partial charge in [0.05, 0.1) is 12.6 Å². The molecule has 0 aliphatic carbocycles. The number of amides is 3. The first-order valence-electron chi connectivity index (χ1n) is 9.87. The number of likely N-dealkylation sites (tertiary alicyclic amines) is 1. The lowest BCUT2D eigenvalue weighted by molar-refractivity contribution is -0.164. The van der Waals surface area contributed by atoms with Crippen LogP contribution in [0.3, 0.4) is 0 Å². The predicted octanol–water partition coefficient (Wildman–Crippen LogP) is 3.23. The van der Waals surface area contributed by atoms with Crippen LogP contribution in [0.15, 0.2) is 24.3 Å². The summed E-state index contributed by atoms with van der Waals surface area (Å²) in [6.07, 6.45) is -3.28. The van der Waals surface area contributed by atoms with Gasteiger partial charge in [0.2, 0.25) is 5.91 Å². The number of carbonyl (C=O) groups is 2. The van der Waals surface area contributed by atoms with Gasteiger partial charge in [0.25, 0.3) is 0 Å². The summed E-state index contributed by atoms with van der Waals surface area (Å²) in [5.74, 6) is -0.400. The van der Waals surface area contributed by atoms with Crippen LogP contribution in [0, 0.1) is 5.92 Å². The highest BCUT2D eigenvalue weighted by molar-refractivity contribution is 6.30. The van der Waals surface area contributed by atoms with E-state index in [4.69, 9.17) is 11.6 Å². The van der Waals surface area contributed by atoms with Gasteiger partial charge in [-0.2, -0.15) is 13.2 Å². The van der Waals surface area contributed by atoms with E-state index in [0.717, 1.165) is 5.56 Å². The van der Waals surface area contributed by atoms with E-state index in [9.17, 15) is 22.8 Å². The van der Waals surface area contributed by atoms with E-state index in [1.165, 1.54) is 4.90 Å². The highest BCUT2D eigenvalue weighted by atomic mass is 35.5. The molecule has 0 aromatic heterocycles. The van der Waals surface area contributed by atoms with E-state index in [1.807, 2.05) is 12.1 Å². The first-order valence-corrected chi connectivity index (χ1v) is 10.2. The van der Waals surface area contributed by atoms with E-state index in [-0.39, 0.29) is 24.9 Å². The molecule has 0 unspecified atom stereocenters. The molecular formula is C20H26ClF3N4O2. The minimum atomic E-state index is -4.26. The van der Waals surface area contributed by atoms with Crippen LogP contribution >= 0.6 is 11.6 Å². The Hall–Kier alpha value is -2.00. The lowest BCUT2D eigenvalue weighted by atomic mass is 9.77. The first-order chi connectivity index (χ1) is 13.9. The van der Waals surface area contributed by atoms with Crippen molar-refractivity contribution < 1.29 is 22.8 Å². The third kappa shape index (κ3) is 5.57. The molecule has 166 valence electrons. The number of piperidine rings is 1. The largest absolute Gasteiger partial charge is 0.401 e. The van der Waals surface area contributed by atoms with Crippen molar-refractivity contribution in [2.45, 2.75) is 50.5 Å². The summed E-state index contributed by atoms with van der Waals surface area (Å²) < 4.78 is 38.9. The Labute approximate surface area is 178 Å². The molecule has 0 bridgehead atoms. The third-order valence-electron chi connectivity index (χ3n) is 5.84. The van der Waals surface area contributed by atoms with Gasteiger partial charge in [0.15, 0.2) is 0 Å². The maximum atomic E-state index is 13.0. The fourth-order valence-electron chi connectivity index (χ4n) is 4.30. The van der Waals surface area contributed by atoms with Crippen LogP contribution in [0.2, 0.25) is 5.02 Å². The van der Waals surface area contributed by atoms with Gasteiger partial charge in [-0.3, -0.25) is 9.69 Å². The van der Waals surface area contributed by atoms with Crippen LogP contribution in [0.25, 0.3) is 0 Å². The lowest BCUT2D eigenvalue weighted by Gasteiger charge is -2.48. The fraction of sp³-hybridized carbons (Fsp3) is 0.600. The van der Waals surface area contributed by atoms with Crippen LogP contribution in [-0.4, -0.2) is 54.2 Å². The topological polar surface area (TPSA) is 73.5 Å². The zero-order chi connectivity index (χ0) is 22.1. The number of hydrogen-bond acceptors (Lipinski definition) is 3. The summed E-state index contributed by atoms with van der Waals surface area (Å²) in [4.78, 5) is 25.6. The normalized spacial score (nSPS) is 25.3. The van der Waals surface area contributed by atoms with Gasteiger partial charge in [0.1, 0.15) is 6.04 Å². The fourth-order valence-corrected chi connectivity index (χ4v) is 4.43. The average Bonchev–Trinajstić information content (AvgIpc) is 3.07. The van der Waals surface area contributed by atoms with Gasteiger partial charge < -0.3 is 16.0 Å². The zero-order valence-corrected chi connectivity index (χ0v) is 17.6. The van der Waals surface area contributed by atoms with Crippen LogP contribution < -0.4 is 16.0 Å². The molecule has 0 saturated carbocycles. The van der Waals surface area contributed by atoms with Gasteiger partial charge in [0, 0.05) is 17.1 Å². The molecule has 10 heteroatoms. The zero-order valence-electron chi connectivity index (χ0n) is 16.9. The number of benzene rings is 1. The second kappa shape index (κ2) is 8.63. The molecule has 3 atom stereocenters. The minimum absolute atomic E-state index is 0.0697. The Kier molecular flexibility index (Phi) is 6.52. The molecule has 1 aromatic rings. The second-order valence-electron chi connectivity index (χ2n) is 8.55. The summed E-state index contributed by atoms with van der Waals surface area (Å²) in [5, 5.41) is 8.67. The van der Waals surface area contributed by atoms with E-state index in [1.54, 1.807) is 26.0 Å². The standard InChI is InChI=1S/C20H26ClF3N4O2/c1-19(2)9-13(7-8-28(19)11-20(22,23)24)16(12-3-5-14(21)6-4-12)27-17(29)15-10-25-18(30)26-15/h3-6,13,15-16H,7-11H2,1-2H3,(H,27,29)(H2,25,26,30)/t13-,15+,16+/m1/s1. The quantitative estimate of drug-likeness (QED) is 0.650. The molecule has 2 fully saturated rings. The number of alkyl halides is 3. The van der Waals surface area contributed by atoms with Crippen molar-refractivity contribution in [2.75, 3.05) is 19.6 Å². The van der Waals surface area contributed by atoms with Crippen molar-refractivity contribution in [1.29, 1.82) is 0 Å². The van der Waals surface area contributed by atoms with Crippen molar-refractivity contribution in [2.24, 2.45) is 5.92 Å². The van der Waals surface area contributed by atoms with E-state index < -0.39 is 36.4 Å². The van der Waals surface area contributed by atoms with Crippen molar-refractivity contribution in [3.05, 3.63) is 34.9 Å². The molecule has 3 amide bonds. The minimum Gasteiger partial charge on any atom is -0.347 e. The van der Waals surface area contributed by atoms with Crippen molar-refractivity contribution >= 4 is 23.5 Å². The van der Waals surface area contributed by atoms with E-state index in [2.05, 4.69) is 16.0 Å². The molecule has 0 radical (unpaired) electrons. The van der Waals surface area contributed by atoms with Crippen molar-refractivity contribution in [3.63, 3.8) is 0 Å². The van der Waals surface area contributed by atoms with E-state index in [0.29, 0.717) is 17.9 Å². The summed E-state index contributed by atoms with van der Waals surface area (Å²) >= 11 is 6.00. The van der Waals surface area contributed by atoms with Crippen molar-refractivity contribution in [3.8, 4) is 0 Å². The third-order valence-corrected chi connectivity index (χ3v) is 6.10. The number of urea groups is 1. The molecule has 6 nitrogen and oxygen atoms in total. The van der Waals surface area contributed by atoms with Gasteiger partial charge >= 0.3 is 12.2 Å². The molecule has 1 aromatic carbocycles. The Bertz CT molecular complexity index is 785. The molecule has 3 N–H and O–H groups in total. The highest BCUT2D eigenvalue weighted by Crippen LogP contribution is 2.40. The number of hydrogen-bond donors (Lipinski definition) is 3. The Morgan fingerprint density at radius 3 is 2.53 bits per heavy atom. The molecule has 3 rings (SSSR count). The molecular weight excluding hydrogens is 421 g/mol. The maximum absolute atomic E-state index is 13.0. The average molecular weight is 447 g/mol. The van der Waals surface area contributed by atoms with E-state index >= 15 is 0 Å². The summed E-state index contributed by atoms with van der Waals surface area (Å²) in [5.41, 5.74) is 0.145. The smallest absolute Gasteiger partial charge is 0.347 e. The van der Waals surface area contributed by atoms with Crippen LogP contribution in [-0.2, 0) is 4.79 Å². The number of carbonyl (C=O) groups excluding carboxylic acids is 2. The van der Waals surface area contributed by atoms with Crippen molar-refractivity contribution in [1.82, 2.24) is 20.9 Å². The Morgan fingerprint density at radius 2 is 2.00 bits per heavy atom. The van der Waals surface area contributed by atoms with Gasteiger partial charge in [-0.15, -0.1) is 0 Å². The Morgan fingerprint density at radius 1 is 1.33 bits per heavy atom. The summed E-state index contributed by atoms with van der Waals surface area (Å²) in [6.45, 7) is 3.11. The molecule has 0 spiro atoms. The van der Waals surface area contributed by atoms with Crippen LogP contribution in [0.1, 0.15) is 38.3 Å². The number of nitrogens with one attached hydrogen (secondary N) is 3.